The Morgan fingerprint density at radius 1 is 1.44 bits per heavy atom. The van der Waals surface area contributed by atoms with Crippen LogP contribution in [-0.2, 0) is 15.6 Å². The average molecular weight is 284 g/mol. The molecule has 1 fully saturated rings. The van der Waals surface area contributed by atoms with Crippen molar-refractivity contribution in [3.8, 4) is 0 Å². The molecule has 3 rings (SSSR count). The van der Waals surface area contributed by atoms with Crippen LogP contribution in [0.2, 0.25) is 0 Å². The predicted octanol–water partition coefficient (Wildman–Crippen LogP) is 2.37. The molecule has 0 amide bonds. The van der Waals surface area contributed by atoms with Gasteiger partial charge in [-0.25, -0.2) is 8.42 Å². The van der Waals surface area contributed by atoms with E-state index < -0.39 is 9.84 Å². The number of rotatable bonds is 4. The summed E-state index contributed by atoms with van der Waals surface area (Å²) in [7, 11) is -3.35. The quantitative estimate of drug-likeness (QED) is 0.861. The molecule has 0 spiro atoms. The molecule has 96 valence electrons. The van der Waals surface area contributed by atoms with Crippen molar-refractivity contribution in [2.45, 2.75) is 35.8 Å². The summed E-state index contributed by atoms with van der Waals surface area (Å²) in [5, 5.41) is 7.10. The second-order valence-electron chi connectivity index (χ2n) is 4.39. The van der Waals surface area contributed by atoms with E-state index >= 15 is 0 Å². The molecule has 0 N–H and O–H groups in total. The fourth-order valence-corrected chi connectivity index (χ4v) is 4.08. The molecule has 2 aromatic heterocycles. The zero-order valence-corrected chi connectivity index (χ0v) is 11.2. The van der Waals surface area contributed by atoms with E-state index in [1.165, 1.54) is 17.8 Å². The van der Waals surface area contributed by atoms with Crippen LogP contribution in [0.1, 0.15) is 36.9 Å². The van der Waals surface area contributed by atoms with Gasteiger partial charge >= 0.3 is 0 Å². The van der Waals surface area contributed by atoms with E-state index in [1.54, 1.807) is 16.8 Å². The lowest BCUT2D eigenvalue weighted by Crippen LogP contribution is -2.09. The summed E-state index contributed by atoms with van der Waals surface area (Å²) in [6.07, 6.45) is 3.29. The Hall–Kier alpha value is -1.21. The van der Waals surface area contributed by atoms with Crippen molar-refractivity contribution in [3.05, 3.63) is 28.5 Å². The third-order valence-electron chi connectivity index (χ3n) is 3.11. The number of hydrogen-bond donors (Lipinski definition) is 0. The summed E-state index contributed by atoms with van der Waals surface area (Å²) in [5.74, 6) is 0.968. The minimum atomic E-state index is -3.35. The average Bonchev–Trinajstić information content (AvgIpc) is 2.85. The monoisotopic (exact) mass is 284 g/mol. The van der Waals surface area contributed by atoms with Crippen LogP contribution in [0.15, 0.2) is 26.2 Å². The third kappa shape index (κ3) is 2.20. The topological polar surface area (TPSA) is 73.1 Å². The molecular formula is C11H12N2O3S2. The van der Waals surface area contributed by atoms with Crippen LogP contribution in [0.25, 0.3) is 0 Å². The van der Waals surface area contributed by atoms with Crippen LogP contribution in [0, 0.1) is 0 Å². The SMILES string of the molecule is O=S(=O)(Cc1noc(C2CCC2)n1)c1ccsc1. The minimum Gasteiger partial charge on any atom is -0.339 e. The van der Waals surface area contributed by atoms with Crippen LogP contribution in [-0.4, -0.2) is 18.6 Å². The van der Waals surface area contributed by atoms with Crippen molar-refractivity contribution in [2.75, 3.05) is 0 Å². The molecule has 0 unspecified atom stereocenters. The molecule has 0 atom stereocenters. The summed E-state index contributed by atoms with van der Waals surface area (Å²) in [4.78, 5) is 4.50. The van der Waals surface area contributed by atoms with Crippen molar-refractivity contribution in [1.82, 2.24) is 10.1 Å². The number of nitrogens with zero attached hydrogens (tertiary/aromatic N) is 2. The highest BCUT2D eigenvalue weighted by Crippen LogP contribution is 2.35. The highest BCUT2D eigenvalue weighted by atomic mass is 32.2. The van der Waals surface area contributed by atoms with Crippen molar-refractivity contribution < 1.29 is 12.9 Å². The van der Waals surface area contributed by atoms with E-state index in [0.717, 1.165) is 12.8 Å². The zero-order valence-electron chi connectivity index (χ0n) is 9.57. The molecule has 1 aliphatic rings. The maximum absolute atomic E-state index is 12.0. The Bertz CT molecular complexity index is 627. The first-order valence-corrected chi connectivity index (χ1v) is 8.32. The van der Waals surface area contributed by atoms with Gasteiger partial charge in [0.2, 0.25) is 5.89 Å². The Morgan fingerprint density at radius 3 is 2.89 bits per heavy atom. The van der Waals surface area contributed by atoms with E-state index in [0.29, 0.717) is 16.7 Å². The van der Waals surface area contributed by atoms with Gasteiger partial charge in [-0.3, -0.25) is 0 Å². The van der Waals surface area contributed by atoms with Crippen LogP contribution < -0.4 is 0 Å². The lowest BCUT2D eigenvalue weighted by Gasteiger charge is -2.20. The molecule has 2 aromatic rings. The smallest absolute Gasteiger partial charge is 0.229 e. The normalized spacial score (nSPS) is 16.7. The molecule has 0 radical (unpaired) electrons. The molecule has 0 saturated heterocycles. The molecule has 1 saturated carbocycles. The van der Waals surface area contributed by atoms with Gasteiger partial charge in [0, 0.05) is 11.3 Å². The lowest BCUT2D eigenvalue weighted by molar-refractivity contribution is 0.291. The van der Waals surface area contributed by atoms with E-state index in [1.807, 2.05) is 0 Å². The second kappa shape index (κ2) is 4.47. The van der Waals surface area contributed by atoms with Gasteiger partial charge in [-0.1, -0.05) is 11.6 Å². The molecule has 5 nitrogen and oxygen atoms in total. The fourth-order valence-electron chi connectivity index (χ4n) is 1.83. The molecule has 2 heterocycles. The lowest BCUT2D eigenvalue weighted by atomic mass is 9.85. The van der Waals surface area contributed by atoms with E-state index in [9.17, 15) is 8.42 Å². The first-order chi connectivity index (χ1) is 8.65. The molecular weight excluding hydrogens is 272 g/mol. The minimum absolute atomic E-state index is 0.194. The largest absolute Gasteiger partial charge is 0.339 e. The summed E-state index contributed by atoms with van der Waals surface area (Å²) in [6.45, 7) is 0. The van der Waals surface area contributed by atoms with Gasteiger partial charge in [0.05, 0.1) is 4.90 Å². The van der Waals surface area contributed by atoms with Gasteiger partial charge in [-0.05, 0) is 24.3 Å². The third-order valence-corrected chi connectivity index (χ3v) is 5.55. The summed E-state index contributed by atoms with van der Waals surface area (Å²) < 4.78 is 29.1. The number of hydrogen-bond acceptors (Lipinski definition) is 6. The highest BCUT2D eigenvalue weighted by molar-refractivity contribution is 7.90. The van der Waals surface area contributed by atoms with E-state index in [-0.39, 0.29) is 11.6 Å². The molecule has 0 aliphatic heterocycles. The van der Waals surface area contributed by atoms with Gasteiger partial charge < -0.3 is 4.52 Å². The molecule has 7 heteroatoms. The van der Waals surface area contributed by atoms with Crippen LogP contribution >= 0.6 is 11.3 Å². The van der Waals surface area contributed by atoms with E-state index in [4.69, 9.17) is 4.52 Å². The standard InChI is InChI=1S/C11H12N2O3S2/c14-18(15,9-4-5-17-6-9)7-10-12-11(16-13-10)8-2-1-3-8/h4-6,8H,1-3,7H2. The Balaban J connectivity index is 1.78. The van der Waals surface area contributed by atoms with Crippen LogP contribution in [0.3, 0.4) is 0 Å². The maximum atomic E-state index is 12.0. The van der Waals surface area contributed by atoms with Gasteiger partial charge in [0.25, 0.3) is 0 Å². The van der Waals surface area contributed by atoms with E-state index in [2.05, 4.69) is 10.1 Å². The second-order valence-corrected chi connectivity index (χ2v) is 7.16. The van der Waals surface area contributed by atoms with Crippen LogP contribution in [0.4, 0.5) is 0 Å². The van der Waals surface area contributed by atoms with Gasteiger partial charge in [-0.15, -0.1) is 0 Å². The number of thiophene rings is 1. The maximum Gasteiger partial charge on any atom is 0.229 e. The first kappa shape index (κ1) is 11.9. The van der Waals surface area contributed by atoms with Crippen molar-refractivity contribution >= 4 is 21.2 Å². The highest BCUT2D eigenvalue weighted by Gasteiger charge is 2.27. The first-order valence-electron chi connectivity index (χ1n) is 5.72. The molecule has 1 aliphatic carbocycles. The molecule has 0 aromatic carbocycles. The predicted molar refractivity (Wildman–Crippen MR) is 66.1 cm³/mol. The van der Waals surface area contributed by atoms with Gasteiger partial charge in [0.1, 0.15) is 5.75 Å². The van der Waals surface area contributed by atoms with Crippen LogP contribution in [0.5, 0.6) is 0 Å². The zero-order chi connectivity index (χ0) is 12.6. The summed E-state index contributed by atoms with van der Waals surface area (Å²) in [6, 6.07) is 1.59. The van der Waals surface area contributed by atoms with Crippen molar-refractivity contribution in [2.24, 2.45) is 0 Å². The summed E-state index contributed by atoms with van der Waals surface area (Å²) >= 11 is 1.36. The fraction of sp³-hybridized carbons (Fsp3) is 0.455. The van der Waals surface area contributed by atoms with Gasteiger partial charge in [-0.2, -0.15) is 16.3 Å². The van der Waals surface area contributed by atoms with Crippen molar-refractivity contribution in [3.63, 3.8) is 0 Å². The molecule has 18 heavy (non-hydrogen) atoms. The summed E-state index contributed by atoms with van der Waals surface area (Å²) in [5.41, 5.74) is 0. The Labute approximate surface area is 109 Å². The number of aromatic nitrogens is 2. The Kier molecular flexibility index (Phi) is 2.95. The van der Waals surface area contributed by atoms with Crippen molar-refractivity contribution in [1.29, 1.82) is 0 Å². The van der Waals surface area contributed by atoms with Gasteiger partial charge in [0.15, 0.2) is 15.7 Å². The number of sulfone groups is 1. The Morgan fingerprint density at radius 2 is 2.28 bits per heavy atom. The molecule has 0 bridgehead atoms.